The number of piperidine rings is 1. The van der Waals surface area contributed by atoms with E-state index in [1.165, 1.54) is 17.4 Å². The summed E-state index contributed by atoms with van der Waals surface area (Å²) in [6.07, 6.45) is 2.57. The molecule has 4 aromatic rings. The second-order valence-corrected chi connectivity index (χ2v) is 11.3. The number of aromatic nitrogens is 2. The molecule has 38 heavy (non-hydrogen) atoms. The molecule has 2 aromatic carbocycles. The zero-order valence-electron chi connectivity index (χ0n) is 19.9. The van der Waals surface area contributed by atoms with Gasteiger partial charge in [-0.05, 0) is 44.0 Å². The van der Waals surface area contributed by atoms with Crippen molar-refractivity contribution >= 4 is 61.8 Å². The van der Waals surface area contributed by atoms with E-state index in [0.717, 1.165) is 18.9 Å². The minimum Gasteiger partial charge on any atom is -0.478 e. The number of ether oxygens (including phenoxy) is 1. The van der Waals surface area contributed by atoms with E-state index >= 15 is 0 Å². The molecule has 2 aromatic heterocycles. The van der Waals surface area contributed by atoms with E-state index in [1.54, 1.807) is 25.1 Å². The third-order valence-corrected chi connectivity index (χ3v) is 8.78. The average molecular weight is 576 g/mol. The third kappa shape index (κ3) is 4.20. The predicted octanol–water partition coefficient (Wildman–Crippen LogP) is 6.76. The van der Waals surface area contributed by atoms with Crippen molar-refractivity contribution in [3.8, 4) is 11.3 Å². The van der Waals surface area contributed by atoms with Crippen molar-refractivity contribution in [2.24, 2.45) is 0 Å². The third-order valence-electron chi connectivity index (χ3n) is 7.13. The van der Waals surface area contributed by atoms with E-state index in [0.29, 0.717) is 44.0 Å². The number of aryl methyl sites for hydroxylation is 1. The van der Waals surface area contributed by atoms with Crippen LogP contribution in [0.1, 0.15) is 52.2 Å². The summed E-state index contributed by atoms with van der Waals surface area (Å²) in [5, 5.41) is 14.6. The van der Waals surface area contributed by atoms with Gasteiger partial charge in [0.2, 0.25) is 0 Å². The molecule has 8 nitrogen and oxygen atoms in total. The molecule has 0 amide bonds. The van der Waals surface area contributed by atoms with E-state index in [9.17, 15) is 19.1 Å². The Morgan fingerprint density at radius 2 is 1.87 bits per heavy atom. The number of carboxylic acids is 1. The highest BCUT2D eigenvalue weighted by Crippen LogP contribution is 2.44. The molecule has 0 radical (unpaired) electrons. The Kier molecular flexibility index (Phi) is 6.28. The number of rotatable bonds is 5. The Morgan fingerprint density at radius 1 is 1.18 bits per heavy atom. The van der Waals surface area contributed by atoms with Crippen LogP contribution in [-0.2, 0) is 4.74 Å². The van der Waals surface area contributed by atoms with Crippen molar-refractivity contribution in [2.45, 2.75) is 50.8 Å². The molecule has 3 atom stereocenters. The average Bonchev–Trinajstić information content (AvgIpc) is 3.52. The van der Waals surface area contributed by atoms with Crippen LogP contribution in [0.4, 0.5) is 9.52 Å². The van der Waals surface area contributed by atoms with Crippen LogP contribution in [0.3, 0.4) is 0 Å². The number of benzene rings is 2. The van der Waals surface area contributed by atoms with Gasteiger partial charge in [-0.1, -0.05) is 45.8 Å². The standard InChI is InChI=1S/C26H20Cl2FN3O5S/c1-11-20(23(31-37-11)21-16(27)3-2-4-17(21)28)25(35)36-15-9-13-5-6-14(10-15)32(13)26-30-22-18(29)7-12(24(33)34)8-19(22)38-26/h2-4,7-8,13-15H,5-6,9-10H2,1H3,(H,33,34)/t13-,14+,15+. The van der Waals surface area contributed by atoms with Crippen molar-refractivity contribution in [3.63, 3.8) is 0 Å². The topological polar surface area (TPSA) is 106 Å². The molecule has 2 aliphatic rings. The van der Waals surface area contributed by atoms with Crippen molar-refractivity contribution < 1.29 is 28.3 Å². The molecule has 12 heteroatoms. The number of hydrogen-bond acceptors (Lipinski definition) is 8. The maximum Gasteiger partial charge on any atom is 0.344 e. The van der Waals surface area contributed by atoms with Crippen LogP contribution in [0.2, 0.25) is 10.0 Å². The zero-order chi connectivity index (χ0) is 26.7. The second-order valence-electron chi connectivity index (χ2n) is 9.46. The molecule has 2 aliphatic heterocycles. The molecular weight excluding hydrogens is 556 g/mol. The molecule has 0 saturated carbocycles. The van der Waals surface area contributed by atoms with Gasteiger partial charge in [0.05, 0.1) is 20.3 Å². The van der Waals surface area contributed by atoms with Gasteiger partial charge in [-0.2, -0.15) is 0 Å². The normalized spacial score (nSPS) is 20.7. The van der Waals surface area contributed by atoms with Crippen LogP contribution in [0.5, 0.6) is 0 Å². The number of esters is 1. The summed E-state index contributed by atoms with van der Waals surface area (Å²) in [7, 11) is 0. The first-order valence-electron chi connectivity index (χ1n) is 11.9. The summed E-state index contributed by atoms with van der Waals surface area (Å²) in [4.78, 5) is 31.3. The van der Waals surface area contributed by atoms with E-state index in [2.05, 4.69) is 15.0 Å². The van der Waals surface area contributed by atoms with Crippen molar-refractivity contribution in [2.75, 3.05) is 4.90 Å². The maximum absolute atomic E-state index is 14.6. The highest BCUT2D eigenvalue weighted by atomic mass is 35.5. The minimum atomic E-state index is -1.19. The van der Waals surface area contributed by atoms with Gasteiger partial charge in [-0.15, -0.1) is 0 Å². The molecule has 0 spiro atoms. The number of thiazole rings is 1. The fourth-order valence-corrected chi connectivity index (χ4v) is 7.20. The number of carbonyl (C=O) groups is 2. The maximum atomic E-state index is 14.6. The number of nitrogens with zero attached hydrogens (tertiary/aromatic N) is 3. The van der Waals surface area contributed by atoms with E-state index < -0.39 is 17.8 Å². The number of aromatic carboxylic acids is 1. The van der Waals surface area contributed by atoms with Crippen LogP contribution in [0.25, 0.3) is 21.5 Å². The summed E-state index contributed by atoms with van der Waals surface area (Å²) in [5.41, 5.74) is 0.881. The highest BCUT2D eigenvalue weighted by molar-refractivity contribution is 7.22. The lowest BCUT2D eigenvalue weighted by Crippen LogP contribution is -2.46. The van der Waals surface area contributed by atoms with Gasteiger partial charge in [-0.25, -0.2) is 19.0 Å². The Morgan fingerprint density at radius 3 is 2.53 bits per heavy atom. The van der Waals surface area contributed by atoms with Crippen molar-refractivity contribution in [1.29, 1.82) is 0 Å². The number of anilines is 1. The van der Waals surface area contributed by atoms with Gasteiger partial charge in [-0.3, -0.25) is 0 Å². The Bertz CT molecular complexity index is 1570. The van der Waals surface area contributed by atoms with Gasteiger partial charge in [0.1, 0.15) is 28.6 Å². The van der Waals surface area contributed by atoms with Crippen LogP contribution in [0.15, 0.2) is 34.9 Å². The van der Waals surface area contributed by atoms with Crippen molar-refractivity contribution in [1.82, 2.24) is 10.1 Å². The van der Waals surface area contributed by atoms with Gasteiger partial charge in [0.15, 0.2) is 10.9 Å². The largest absolute Gasteiger partial charge is 0.478 e. The van der Waals surface area contributed by atoms with E-state index in [-0.39, 0.29) is 40.5 Å². The van der Waals surface area contributed by atoms with Crippen LogP contribution in [-0.4, -0.2) is 45.4 Å². The smallest absolute Gasteiger partial charge is 0.344 e. The zero-order valence-corrected chi connectivity index (χ0v) is 22.2. The summed E-state index contributed by atoms with van der Waals surface area (Å²) in [5.74, 6) is -2.10. The first-order valence-corrected chi connectivity index (χ1v) is 13.5. The first-order chi connectivity index (χ1) is 18.2. The number of carbonyl (C=O) groups excluding carboxylic acids is 1. The molecule has 196 valence electrons. The first kappa shape index (κ1) is 25.1. The Balaban J connectivity index is 1.23. The fraction of sp³-hybridized carbons (Fsp3) is 0.308. The number of hydrogen-bond donors (Lipinski definition) is 1. The summed E-state index contributed by atoms with van der Waals surface area (Å²) in [6, 6.07) is 7.56. The predicted molar refractivity (Wildman–Crippen MR) is 141 cm³/mol. The number of halogens is 3. The Hall–Kier alpha value is -3.21. The highest BCUT2D eigenvalue weighted by Gasteiger charge is 2.44. The summed E-state index contributed by atoms with van der Waals surface area (Å²) in [6.45, 7) is 1.63. The van der Waals surface area contributed by atoms with Crippen LogP contribution >= 0.6 is 34.5 Å². The van der Waals surface area contributed by atoms with Crippen LogP contribution in [0, 0.1) is 12.7 Å². The number of carboxylic acid groups (broad SMARTS) is 1. The van der Waals surface area contributed by atoms with Gasteiger partial charge in [0, 0.05) is 30.5 Å². The molecule has 6 rings (SSSR count). The van der Waals surface area contributed by atoms with Gasteiger partial charge < -0.3 is 19.3 Å². The summed E-state index contributed by atoms with van der Waals surface area (Å²) >= 11 is 14.0. The van der Waals surface area contributed by atoms with Gasteiger partial charge >= 0.3 is 11.9 Å². The SMILES string of the molecule is Cc1onc(-c2c(Cl)cccc2Cl)c1C(=O)O[C@H]1C[C@H]2CC[C@@H](C1)N2c1nc2c(F)cc(C(=O)O)cc2s1. The minimum absolute atomic E-state index is 0.0511. The lowest BCUT2D eigenvalue weighted by atomic mass is 10.00. The number of fused-ring (bicyclic) bond motifs is 3. The lowest BCUT2D eigenvalue weighted by molar-refractivity contribution is 0.0203. The molecule has 0 unspecified atom stereocenters. The fourth-order valence-electron chi connectivity index (χ4n) is 5.46. The van der Waals surface area contributed by atoms with Crippen LogP contribution < -0.4 is 4.90 Å². The molecule has 2 fully saturated rings. The molecule has 0 aliphatic carbocycles. The van der Waals surface area contributed by atoms with E-state index in [1.807, 2.05) is 0 Å². The Labute approximate surface area is 229 Å². The van der Waals surface area contributed by atoms with Gasteiger partial charge in [0.25, 0.3) is 0 Å². The molecule has 2 bridgehead atoms. The summed E-state index contributed by atoms with van der Waals surface area (Å²) < 4.78 is 26.3. The molecule has 1 N–H and O–H groups in total. The quantitative estimate of drug-likeness (QED) is 0.260. The van der Waals surface area contributed by atoms with E-state index in [4.69, 9.17) is 32.5 Å². The molecular formula is C26H20Cl2FN3O5S. The molecule has 4 heterocycles. The lowest BCUT2D eigenvalue weighted by Gasteiger charge is -2.38. The second kappa shape index (κ2) is 9.52. The monoisotopic (exact) mass is 575 g/mol. The van der Waals surface area contributed by atoms with Crippen molar-refractivity contribution in [3.05, 3.63) is 63.1 Å². The molecule has 2 saturated heterocycles.